The number of hydrogen-bond donors (Lipinski definition) is 1. The molecular formula is C24H28N2O3. The van der Waals surface area contributed by atoms with Crippen LogP contribution >= 0.6 is 0 Å². The molecule has 5 nitrogen and oxygen atoms in total. The lowest BCUT2D eigenvalue weighted by Crippen LogP contribution is -2.44. The van der Waals surface area contributed by atoms with Crippen molar-refractivity contribution < 1.29 is 14.2 Å². The molecule has 152 valence electrons. The van der Waals surface area contributed by atoms with E-state index in [9.17, 15) is 0 Å². The lowest BCUT2D eigenvalue weighted by molar-refractivity contribution is -0.192. The molecule has 2 heterocycles. The van der Waals surface area contributed by atoms with Gasteiger partial charge in [0.25, 0.3) is 0 Å². The number of fused-ring (bicyclic) bond motifs is 1. The highest BCUT2D eigenvalue weighted by Gasteiger charge is 2.22. The Bertz CT molecular complexity index is 952. The van der Waals surface area contributed by atoms with E-state index in [1.807, 2.05) is 24.4 Å². The molecule has 1 fully saturated rings. The van der Waals surface area contributed by atoms with Crippen LogP contribution in [0.2, 0.25) is 0 Å². The SMILES string of the molecule is COc1ccc2nccc(CCC3OCC(NCc4ccccc4C)CO3)c2c1. The number of benzene rings is 2. The quantitative estimate of drug-likeness (QED) is 0.658. The van der Waals surface area contributed by atoms with Crippen molar-refractivity contribution in [3.8, 4) is 5.75 Å². The molecule has 0 spiro atoms. The largest absolute Gasteiger partial charge is 0.497 e. The maximum Gasteiger partial charge on any atom is 0.158 e. The van der Waals surface area contributed by atoms with Crippen LogP contribution in [0.5, 0.6) is 5.75 Å². The van der Waals surface area contributed by atoms with Gasteiger partial charge in [0.2, 0.25) is 0 Å². The van der Waals surface area contributed by atoms with Crippen molar-refractivity contribution in [1.82, 2.24) is 10.3 Å². The average molecular weight is 392 g/mol. The van der Waals surface area contributed by atoms with Crippen LogP contribution in [0.3, 0.4) is 0 Å². The molecule has 1 aliphatic heterocycles. The number of hydrogen-bond acceptors (Lipinski definition) is 5. The Labute approximate surface area is 172 Å². The maximum absolute atomic E-state index is 5.96. The molecule has 0 unspecified atom stereocenters. The molecule has 0 bridgehead atoms. The predicted octanol–water partition coefficient (Wildman–Crippen LogP) is 4.02. The van der Waals surface area contributed by atoms with Gasteiger partial charge < -0.3 is 19.5 Å². The first-order valence-corrected chi connectivity index (χ1v) is 10.2. The van der Waals surface area contributed by atoms with Gasteiger partial charge in [-0.3, -0.25) is 4.98 Å². The summed E-state index contributed by atoms with van der Waals surface area (Å²) in [6, 6.07) is 16.7. The average Bonchev–Trinajstić information content (AvgIpc) is 2.77. The molecule has 1 saturated heterocycles. The summed E-state index contributed by atoms with van der Waals surface area (Å²) in [6.45, 7) is 4.31. The molecule has 0 saturated carbocycles. The van der Waals surface area contributed by atoms with Crippen molar-refractivity contribution in [1.29, 1.82) is 0 Å². The van der Waals surface area contributed by atoms with Crippen LogP contribution in [0.1, 0.15) is 23.1 Å². The second kappa shape index (κ2) is 9.35. The number of nitrogens with zero attached hydrogens (tertiary/aromatic N) is 1. The van der Waals surface area contributed by atoms with Crippen molar-refractivity contribution in [2.24, 2.45) is 0 Å². The summed E-state index contributed by atoms with van der Waals surface area (Å²) in [7, 11) is 1.68. The van der Waals surface area contributed by atoms with E-state index in [2.05, 4.69) is 47.6 Å². The lowest BCUT2D eigenvalue weighted by atomic mass is 10.0. The van der Waals surface area contributed by atoms with Crippen LogP contribution < -0.4 is 10.1 Å². The highest BCUT2D eigenvalue weighted by Crippen LogP contribution is 2.24. The highest BCUT2D eigenvalue weighted by molar-refractivity contribution is 5.83. The van der Waals surface area contributed by atoms with Gasteiger partial charge in [0.15, 0.2) is 6.29 Å². The molecule has 29 heavy (non-hydrogen) atoms. The van der Waals surface area contributed by atoms with E-state index in [0.29, 0.717) is 13.2 Å². The molecule has 5 heteroatoms. The first kappa shape index (κ1) is 19.8. The minimum absolute atomic E-state index is 0.166. The number of aromatic nitrogens is 1. The van der Waals surface area contributed by atoms with E-state index in [1.54, 1.807) is 7.11 Å². The zero-order chi connectivity index (χ0) is 20.1. The fourth-order valence-corrected chi connectivity index (χ4v) is 3.69. The highest BCUT2D eigenvalue weighted by atomic mass is 16.7. The summed E-state index contributed by atoms with van der Waals surface area (Å²) < 4.78 is 17.3. The topological polar surface area (TPSA) is 52.6 Å². The Balaban J connectivity index is 1.28. The van der Waals surface area contributed by atoms with E-state index in [0.717, 1.165) is 36.0 Å². The Kier molecular flexibility index (Phi) is 6.39. The second-order valence-corrected chi connectivity index (χ2v) is 7.49. The van der Waals surface area contributed by atoms with Crippen molar-refractivity contribution in [2.75, 3.05) is 20.3 Å². The minimum atomic E-state index is -0.166. The summed E-state index contributed by atoms with van der Waals surface area (Å²) in [5, 5.41) is 4.66. The molecule has 0 amide bonds. The van der Waals surface area contributed by atoms with Gasteiger partial charge in [0, 0.05) is 24.5 Å². The molecule has 1 N–H and O–H groups in total. The van der Waals surface area contributed by atoms with Gasteiger partial charge in [-0.1, -0.05) is 24.3 Å². The lowest BCUT2D eigenvalue weighted by Gasteiger charge is -2.30. The summed E-state index contributed by atoms with van der Waals surface area (Å²) in [6.07, 6.45) is 3.39. The van der Waals surface area contributed by atoms with E-state index in [1.165, 1.54) is 16.7 Å². The van der Waals surface area contributed by atoms with Crippen LogP contribution in [-0.2, 0) is 22.4 Å². The zero-order valence-electron chi connectivity index (χ0n) is 17.1. The molecule has 1 aliphatic rings. The summed E-state index contributed by atoms with van der Waals surface area (Å²) in [5.74, 6) is 0.847. The maximum atomic E-state index is 5.96. The fraction of sp³-hybridized carbons (Fsp3) is 0.375. The normalized spacial score (nSPS) is 19.4. The van der Waals surface area contributed by atoms with Gasteiger partial charge >= 0.3 is 0 Å². The molecule has 0 aliphatic carbocycles. The minimum Gasteiger partial charge on any atom is -0.497 e. The van der Waals surface area contributed by atoms with Crippen molar-refractivity contribution in [3.63, 3.8) is 0 Å². The molecule has 0 radical (unpaired) electrons. The van der Waals surface area contributed by atoms with Crippen molar-refractivity contribution >= 4 is 10.9 Å². The Morgan fingerprint density at radius 1 is 1.07 bits per heavy atom. The third-order valence-electron chi connectivity index (χ3n) is 5.50. The van der Waals surface area contributed by atoms with Gasteiger partial charge in [-0.15, -0.1) is 0 Å². The standard InChI is InChI=1S/C24H28N2O3/c1-17-5-3-4-6-19(17)14-26-20-15-28-24(29-16-20)10-7-18-11-12-25-23-9-8-21(27-2)13-22(18)23/h3-6,8-9,11-13,20,24,26H,7,10,14-16H2,1-2H3. The summed E-state index contributed by atoms with van der Waals surface area (Å²) in [4.78, 5) is 4.45. The molecule has 4 rings (SSSR count). The first-order valence-electron chi connectivity index (χ1n) is 10.2. The number of nitrogens with one attached hydrogen (secondary N) is 1. The van der Waals surface area contributed by atoms with E-state index in [-0.39, 0.29) is 12.3 Å². The third-order valence-corrected chi connectivity index (χ3v) is 5.50. The predicted molar refractivity (Wildman–Crippen MR) is 114 cm³/mol. The number of pyridine rings is 1. The van der Waals surface area contributed by atoms with Gasteiger partial charge in [-0.25, -0.2) is 0 Å². The van der Waals surface area contributed by atoms with Crippen LogP contribution in [0.25, 0.3) is 10.9 Å². The van der Waals surface area contributed by atoms with Crippen LogP contribution in [-0.4, -0.2) is 37.6 Å². The number of methoxy groups -OCH3 is 1. The van der Waals surface area contributed by atoms with Gasteiger partial charge in [-0.05, 0) is 54.3 Å². The Morgan fingerprint density at radius 2 is 1.90 bits per heavy atom. The Hall–Kier alpha value is -2.47. The van der Waals surface area contributed by atoms with Crippen LogP contribution in [0.4, 0.5) is 0 Å². The van der Waals surface area contributed by atoms with E-state index >= 15 is 0 Å². The smallest absolute Gasteiger partial charge is 0.158 e. The van der Waals surface area contributed by atoms with Crippen LogP contribution in [0, 0.1) is 6.92 Å². The zero-order valence-corrected chi connectivity index (χ0v) is 17.1. The molecule has 2 aromatic carbocycles. The van der Waals surface area contributed by atoms with E-state index < -0.39 is 0 Å². The molecular weight excluding hydrogens is 364 g/mol. The van der Waals surface area contributed by atoms with Gasteiger partial charge in [-0.2, -0.15) is 0 Å². The van der Waals surface area contributed by atoms with Crippen molar-refractivity contribution in [3.05, 3.63) is 71.4 Å². The monoisotopic (exact) mass is 392 g/mol. The molecule has 0 atom stereocenters. The molecule has 3 aromatic rings. The fourth-order valence-electron chi connectivity index (χ4n) is 3.69. The third kappa shape index (κ3) is 4.93. The number of aryl methyl sites for hydroxylation is 2. The van der Waals surface area contributed by atoms with E-state index in [4.69, 9.17) is 14.2 Å². The number of rotatable bonds is 7. The summed E-state index contributed by atoms with van der Waals surface area (Å²) in [5.41, 5.74) is 4.83. The van der Waals surface area contributed by atoms with Crippen LogP contribution in [0.15, 0.2) is 54.7 Å². The number of ether oxygens (including phenoxy) is 3. The second-order valence-electron chi connectivity index (χ2n) is 7.49. The Morgan fingerprint density at radius 3 is 2.69 bits per heavy atom. The summed E-state index contributed by atoms with van der Waals surface area (Å²) >= 11 is 0. The first-order chi connectivity index (χ1) is 14.2. The molecule has 1 aromatic heterocycles. The van der Waals surface area contributed by atoms with Gasteiger partial charge in [0.05, 0.1) is 31.9 Å². The van der Waals surface area contributed by atoms with Crippen molar-refractivity contribution in [2.45, 2.75) is 38.6 Å². The van der Waals surface area contributed by atoms with Gasteiger partial charge in [0.1, 0.15) is 5.75 Å².